The van der Waals surface area contributed by atoms with Gasteiger partial charge >= 0.3 is 0 Å². The van der Waals surface area contributed by atoms with Crippen LogP contribution in [-0.2, 0) is 0 Å². The minimum atomic E-state index is 1.28. The Morgan fingerprint density at radius 1 is 1.23 bits per heavy atom. The Hall–Kier alpha value is -0.950. The van der Waals surface area contributed by atoms with Crippen LogP contribution in [0.4, 0.5) is 0 Å². The van der Waals surface area contributed by atoms with Crippen LogP contribution in [0.2, 0.25) is 0 Å². The fourth-order valence-corrected chi connectivity index (χ4v) is 1.68. The zero-order chi connectivity index (χ0) is 9.52. The summed E-state index contributed by atoms with van der Waals surface area (Å²) in [6.45, 7) is 4.14. The Balaban J connectivity index is 2.56. The fourth-order valence-electron chi connectivity index (χ4n) is 0.962. The molecule has 1 aromatic rings. The number of hydrogen-bond donors (Lipinski definition) is 0. The van der Waals surface area contributed by atoms with Crippen molar-refractivity contribution in [1.82, 2.24) is 0 Å². The Labute approximate surface area is 84.4 Å². The van der Waals surface area contributed by atoms with Crippen molar-refractivity contribution in [1.29, 1.82) is 0 Å². The van der Waals surface area contributed by atoms with Gasteiger partial charge in [-0.3, -0.25) is 0 Å². The SMILES string of the molecule is C/C=C/C(C)=C/Sc1ccccc1. The Kier molecular flexibility index (Phi) is 4.41. The molecule has 68 valence electrons. The van der Waals surface area contributed by atoms with E-state index in [4.69, 9.17) is 0 Å². The zero-order valence-corrected chi connectivity index (χ0v) is 8.84. The lowest BCUT2D eigenvalue weighted by atomic mass is 10.3. The molecule has 0 saturated carbocycles. The molecule has 0 aromatic heterocycles. The van der Waals surface area contributed by atoms with E-state index in [2.05, 4.69) is 48.7 Å². The van der Waals surface area contributed by atoms with Gasteiger partial charge in [0.2, 0.25) is 0 Å². The van der Waals surface area contributed by atoms with Gasteiger partial charge in [-0.05, 0) is 37.0 Å². The fraction of sp³-hybridized carbons (Fsp3) is 0.167. The van der Waals surface area contributed by atoms with Gasteiger partial charge in [0.1, 0.15) is 0 Å². The second-order valence-electron chi connectivity index (χ2n) is 2.79. The molecule has 0 nitrogen and oxygen atoms in total. The first kappa shape index (κ1) is 10.1. The lowest BCUT2D eigenvalue weighted by molar-refractivity contribution is 1.47. The smallest absolute Gasteiger partial charge is 0.0116 e. The van der Waals surface area contributed by atoms with Crippen molar-refractivity contribution in [2.24, 2.45) is 0 Å². The molecule has 0 atom stereocenters. The predicted octanol–water partition coefficient (Wildman–Crippen LogP) is 4.26. The van der Waals surface area contributed by atoms with Crippen molar-refractivity contribution < 1.29 is 0 Å². The third kappa shape index (κ3) is 4.00. The van der Waals surface area contributed by atoms with Gasteiger partial charge in [0.25, 0.3) is 0 Å². The summed E-state index contributed by atoms with van der Waals surface area (Å²) in [5, 5.41) is 2.16. The number of benzene rings is 1. The average molecular weight is 190 g/mol. The van der Waals surface area contributed by atoms with Gasteiger partial charge in [0.05, 0.1) is 0 Å². The summed E-state index contributed by atoms with van der Waals surface area (Å²) in [4.78, 5) is 1.28. The number of hydrogen-bond acceptors (Lipinski definition) is 1. The Morgan fingerprint density at radius 2 is 1.92 bits per heavy atom. The first-order valence-corrected chi connectivity index (χ1v) is 5.22. The molecule has 0 amide bonds. The van der Waals surface area contributed by atoms with E-state index in [0.29, 0.717) is 0 Å². The van der Waals surface area contributed by atoms with Crippen molar-refractivity contribution in [2.45, 2.75) is 18.7 Å². The quantitative estimate of drug-likeness (QED) is 0.507. The minimum absolute atomic E-state index is 1.28. The average Bonchev–Trinajstić information content (AvgIpc) is 2.17. The monoisotopic (exact) mass is 190 g/mol. The summed E-state index contributed by atoms with van der Waals surface area (Å²) >= 11 is 1.76. The van der Waals surface area contributed by atoms with E-state index in [1.165, 1.54) is 10.5 Å². The van der Waals surface area contributed by atoms with Gasteiger partial charge in [0.15, 0.2) is 0 Å². The van der Waals surface area contributed by atoms with Crippen LogP contribution in [-0.4, -0.2) is 0 Å². The standard InChI is InChI=1S/C12H14S/c1-3-7-11(2)10-13-12-8-5-4-6-9-12/h3-10H,1-2H3/b7-3+,11-10+. The lowest BCUT2D eigenvalue weighted by Crippen LogP contribution is -1.67. The lowest BCUT2D eigenvalue weighted by Gasteiger charge is -1.95. The summed E-state index contributed by atoms with van der Waals surface area (Å²) in [5.74, 6) is 0. The summed E-state index contributed by atoms with van der Waals surface area (Å²) < 4.78 is 0. The molecule has 1 heteroatoms. The molecule has 0 radical (unpaired) electrons. The second kappa shape index (κ2) is 5.65. The summed E-state index contributed by atoms with van der Waals surface area (Å²) in [6.07, 6.45) is 4.16. The molecule has 0 unspecified atom stereocenters. The Morgan fingerprint density at radius 3 is 2.54 bits per heavy atom. The highest BCUT2D eigenvalue weighted by Gasteiger charge is 1.87. The van der Waals surface area contributed by atoms with Crippen molar-refractivity contribution in [3.05, 3.63) is 53.5 Å². The van der Waals surface area contributed by atoms with Crippen molar-refractivity contribution in [2.75, 3.05) is 0 Å². The van der Waals surface area contributed by atoms with E-state index < -0.39 is 0 Å². The van der Waals surface area contributed by atoms with Crippen LogP contribution in [0.25, 0.3) is 0 Å². The van der Waals surface area contributed by atoms with Crippen molar-refractivity contribution >= 4 is 11.8 Å². The van der Waals surface area contributed by atoms with Crippen LogP contribution in [0, 0.1) is 0 Å². The third-order valence-electron chi connectivity index (χ3n) is 1.55. The molecule has 0 N–H and O–H groups in total. The largest absolute Gasteiger partial charge is 0.0978 e. The van der Waals surface area contributed by atoms with Gasteiger partial charge in [-0.2, -0.15) is 0 Å². The maximum atomic E-state index is 2.16. The molecule has 0 saturated heterocycles. The van der Waals surface area contributed by atoms with E-state index >= 15 is 0 Å². The molecular weight excluding hydrogens is 176 g/mol. The normalized spacial score (nSPS) is 12.3. The summed E-state index contributed by atoms with van der Waals surface area (Å²) in [6, 6.07) is 10.4. The van der Waals surface area contributed by atoms with Gasteiger partial charge < -0.3 is 0 Å². The molecule has 13 heavy (non-hydrogen) atoms. The molecular formula is C12H14S. The van der Waals surface area contributed by atoms with E-state index in [-0.39, 0.29) is 0 Å². The number of allylic oxidation sites excluding steroid dienone is 3. The molecule has 0 aliphatic carbocycles. The minimum Gasteiger partial charge on any atom is -0.0978 e. The highest BCUT2D eigenvalue weighted by Crippen LogP contribution is 2.19. The molecule has 1 rings (SSSR count). The van der Waals surface area contributed by atoms with Crippen LogP contribution >= 0.6 is 11.8 Å². The molecule has 1 aromatic carbocycles. The zero-order valence-electron chi connectivity index (χ0n) is 8.03. The molecule has 0 bridgehead atoms. The molecule has 0 heterocycles. The van der Waals surface area contributed by atoms with Gasteiger partial charge in [-0.25, -0.2) is 0 Å². The van der Waals surface area contributed by atoms with E-state index in [1.807, 2.05) is 13.0 Å². The van der Waals surface area contributed by atoms with E-state index in [0.717, 1.165) is 0 Å². The maximum absolute atomic E-state index is 2.16. The summed E-state index contributed by atoms with van der Waals surface area (Å²) in [7, 11) is 0. The highest BCUT2D eigenvalue weighted by molar-refractivity contribution is 8.02. The summed E-state index contributed by atoms with van der Waals surface area (Å²) in [5.41, 5.74) is 1.29. The topological polar surface area (TPSA) is 0 Å². The van der Waals surface area contributed by atoms with Crippen LogP contribution < -0.4 is 0 Å². The highest BCUT2D eigenvalue weighted by atomic mass is 32.2. The molecule has 0 fully saturated rings. The predicted molar refractivity (Wildman–Crippen MR) is 60.9 cm³/mol. The van der Waals surface area contributed by atoms with Crippen LogP contribution in [0.5, 0.6) is 0 Å². The van der Waals surface area contributed by atoms with Gasteiger partial charge in [-0.1, -0.05) is 42.1 Å². The first-order chi connectivity index (χ1) is 6.33. The Bertz CT molecular complexity index is 296. The van der Waals surface area contributed by atoms with E-state index in [1.54, 1.807) is 11.8 Å². The second-order valence-corrected chi connectivity index (χ2v) is 3.74. The number of rotatable bonds is 3. The molecule has 0 aliphatic heterocycles. The molecule has 0 spiro atoms. The van der Waals surface area contributed by atoms with Crippen LogP contribution in [0.3, 0.4) is 0 Å². The van der Waals surface area contributed by atoms with Crippen LogP contribution in [0.15, 0.2) is 58.4 Å². The van der Waals surface area contributed by atoms with Crippen LogP contribution in [0.1, 0.15) is 13.8 Å². The molecule has 0 aliphatic rings. The first-order valence-electron chi connectivity index (χ1n) is 4.34. The van der Waals surface area contributed by atoms with E-state index in [9.17, 15) is 0 Å². The van der Waals surface area contributed by atoms with Crippen molar-refractivity contribution in [3.8, 4) is 0 Å². The van der Waals surface area contributed by atoms with Gasteiger partial charge in [0, 0.05) is 4.90 Å². The third-order valence-corrected chi connectivity index (χ3v) is 2.59. The maximum Gasteiger partial charge on any atom is 0.0116 e. The van der Waals surface area contributed by atoms with Crippen molar-refractivity contribution in [3.63, 3.8) is 0 Å². The van der Waals surface area contributed by atoms with Gasteiger partial charge in [-0.15, -0.1) is 0 Å². The number of thioether (sulfide) groups is 1.